The first kappa shape index (κ1) is 17.9. The first-order valence-electron chi connectivity index (χ1n) is 7.40. The molecule has 1 aromatic carbocycles. The molecule has 0 fully saturated rings. The summed E-state index contributed by atoms with van der Waals surface area (Å²) >= 11 is 0. The molecule has 8 heteroatoms. The van der Waals surface area contributed by atoms with Crippen molar-refractivity contribution in [2.45, 2.75) is 18.5 Å². The van der Waals surface area contributed by atoms with Crippen LogP contribution >= 0.6 is 0 Å². The largest absolute Gasteiger partial charge is 0.458 e. The third kappa shape index (κ3) is 3.02. The zero-order valence-electron chi connectivity index (χ0n) is 13.0. The van der Waals surface area contributed by atoms with Crippen LogP contribution in [0.5, 0.6) is 0 Å². The van der Waals surface area contributed by atoms with Crippen LogP contribution in [0, 0.1) is 0 Å². The number of carbonyl (C=O) groups is 2. The van der Waals surface area contributed by atoms with Crippen LogP contribution < -0.4 is 0 Å². The Morgan fingerprint density at radius 1 is 0.885 bits per heavy atom. The van der Waals surface area contributed by atoms with Crippen molar-refractivity contribution in [3.05, 3.63) is 76.6 Å². The van der Waals surface area contributed by atoms with E-state index in [0.717, 1.165) is 12.1 Å². The third-order valence-corrected chi connectivity index (χ3v) is 3.95. The van der Waals surface area contributed by atoms with E-state index >= 15 is 0 Å². The number of aromatic nitrogens is 1. The number of nitrogens with zero attached hydrogens (tertiary/aromatic N) is 1. The highest BCUT2D eigenvalue weighted by molar-refractivity contribution is 6.24. The minimum Gasteiger partial charge on any atom is -0.289 e. The summed E-state index contributed by atoms with van der Waals surface area (Å²) in [5.41, 5.74) is -0.626. The van der Waals surface area contributed by atoms with Gasteiger partial charge in [0, 0.05) is 40.6 Å². The van der Waals surface area contributed by atoms with E-state index in [9.17, 15) is 31.5 Å². The summed E-state index contributed by atoms with van der Waals surface area (Å²) in [6, 6.07) is 7.80. The van der Waals surface area contributed by atoms with E-state index in [1.807, 2.05) is 0 Å². The summed E-state index contributed by atoms with van der Waals surface area (Å²) in [6.45, 7) is 0. The molecule has 0 saturated heterocycles. The third-order valence-electron chi connectivity index (χ3n) is 3.95. The van der Waals surface area contributed by atoms with Crippen LogP contribution in [0.2, 0.25) is 0 Å². The van der Waals surface area contributed by atoms with E-state index in [2.05, 4.69) is 4.98 Å². The van der Waals surface area contributed by atoms with Gasteiger partial charge in [0.25, 0.3) is 0 Å². The maximum Gasteiger partial charge on any atom is 0.458 e. The van der Waals surface area contributed by atoms with Crippen LogP contribution in [0.4, 0.5) is 22.0 Å². The van der Waals surface area contributed by atoms with Crippen molar-refractivity contribution >= 4 is 11.6 Å². The SMILES string of the molecule is O=C1C=C(Cc2ccc(C(F)(F)C(F)(F)F)cn2)C(=O)c2ccccc21. The van der Waals surface area contributed by atoms with Gasteiger partial charge in [-0.05, 0) is 18.2 Å². The van der Waals surface area contributed by atoms with Crippen molar-refractivity contribution < 1.29 is 31.5 Å². The van der Waals surface area contributed by atoms with Crippen molar-refractivity contribution in [1.82, 2.24) is 4.98 Å². The lowest BCUT2D eigenvalue weighted by molar-refractivity contribution is -0.289. The van der Waals surface area contributed by atoms with Gasteiger partial charge in [-0.2, -0.15) is 22.0 Å². The van der Waals surface area contributed by atoms with Crippen LogP contribution in [0.3, 0.4) is 0 Å². The number of allylic oxidation sites excluding steroid dienone is 2. The molecule has 1 aliphatic carbocycles. The Bertz CT molecular complexity index is 914. The number of halogens is 5. The molecule has 0 unspecified atom stereocenters. The van der Waals surface area contributed by atoms with E-state index < -0.39 is 23.4 Å². The number of alkyl halides is 5. The van der Waals surface area contributed by atoms with Crippen molar-refractivity contribution in [2.75, 3.05) is 0 Å². The van der Waals surface area contributed by atoms with E-state index in [1.165, 1.54) is 12.1 Å². The lowest BCUT2D eigenvalue weighted by atomic mass is 9.87. The fourth-order valence-electron chi connectivity index (χ4n) is 2.58. The molecule has 0 aliphatic heterocycles. The Kier molecular flexibility index (Phi) is 4.21. The number of rotatable bonds is 3. The molecule has 2 aromatic rings. The molecule has 0 spiro atoms. The molecule has 3 nitrogen and oxygen atoms in total. The molecule has 1 aliphatic rings. The first-order valence-corrected chi connectivity index (χ1v) is 7.40. The number of hydrogen-bond acceptors (Lipinski definition) is 3. The van der Waals surface area contributed by atoms with Gasteiger partial charge in [-0.15, -0.1) is 0 Å². The quantitative estimate of drug-likeness (QED) is 0.761. The molecule has 0 radical (unpaired) electrons. The van der Waals surface area contributed by atoms with E-state index in [4.69, 9.17) is 0 Å². The molecule has 134 valence electrons. The van der Waals surface area contributed by atoms with Gasteiger partial charge in [0.1, 0.15) is 0 Å². The van der Waals surface area contributed by atoms with Gasteiger partial charge < -0.3 is 0 Å². The van der Waals surface area contributed by atoms with E-state index in [1.54, 1.807) is 12.1 Å². The Morgan fingerprint density at radius 2 is 1.54 bits per heavy atom. The first-order chi connectivity index (χ1) is 12.1. The number of pyridine rings is 1. The van der Waals surface area contributed by atoms with Gasteiger partial charge in [-0.1, -0.05) is 24.3 Å². The maximum atomic E-state index is 13.3. The molecule has 0 saturated carbocycles. The molecule has 1 heterocycles. The van der Waals surface area contributed by atoms with E-state index in [-0.39, 0.29) is 34.6 Å². The van der Waals surface area contributed by atoms with Crippen molar-refractivity contribution in [1.29, 1.82) is 0 Å². The fourth-order valence-corrected chi connectivity index (χ4v) is 2.58. The van der Waals surface area contributed by atoms with Crippen LogP contribution in [0.15, 0.2) is 54.2 Å². The van der Waals surface area contributed by atoms with Crippen molar-refractivity contribution in [3.8, 4) is 0 Å². The van der Waals surface area contributed by atoms with Crippen LogP contribution in [0.25, 0.3) is 0 Å². The second kappa shape index (κ2) is 6.12. The Morgan fingerprint density at radius 3 is 2.12 bits per heavy atom. The van der Waals surface area contributed by atoms with Crippen molar-refractivity contribution in [2.24, 2.45) is 0 Å². The molecular formula is C18H10F5NO2. The Hall–Kier alpha value is -2.90. The smallest absolute Gasteiger partial charge is 0.289 e. The summed E-state index contributed by atoms with van der Waals surface area (Å²) in [7, 11) is 0. The Balaban J connectivity index is 1.85. The molecule has 0 atom stereocenters. The lowest BCUT2D eigenvalue weighted by Gasteiger charge is -2.19. The standard InChI is InChI=1S/C18H10F5NO2/c19-17(20,18(21,22)23)11-5-6-12(24-9-11)7-10-8-15(25)13-3-1-2-4-14(13)16(10)26/h1-6,8-9H,7H2. The number of carbonyl (C=O) groups excluding carboxylic acids is 2. The molecular weight excluding hydrogens is 357 g/mol. The second-order valence-electron chi connectivity index (χ2n) is 5.70. The van der Waals surface area contributed by atoms with Crippen LogP contribution in [-0.2, 0) is 12.3 Å². The summed E-state index contributed by atoms with van der Waals surface area (Å²) < 4.78 is 63.6. The highest BCUT2D eigenvalue weighted by Gasteiger charge is 2.58. The lowest BCUT2D eigenvalue weighted by Crippen LogP contribution is -2.33. The number of benzene rings is 1. The summed E-state index contributed by atoms with van der Waals surface area (Å²) in [5.74, 6) is -5.81. The van der Waals surface area contributed by atoms with Crippen LogP contribution in [-0.4, -0.2) is 22.7 Å². The fraction of sp³-hybridized carbons (Fsp3) is 0.167. The molecule has 1 aromatic heterocycles. The highest BCUT2D eigenvalue weighted by atomic mass is 19.4. The second-order valence-corrected chi connectivity index (χ2v) is 5.70. The summed E-state index contributed by atoms with van der Waals surface area (Å²) in [5, 5.41) is 0. The minimum absolute atomic E-state index is 0.0940. The van der Waals surface area contributed by atoms with Gasteiger partial charge in [0.2, 0.25) is 0 Å². The monoisotopic (exact) mass is 367 g/mol. The number of Topliss-reactive ketones (excluding diaryl/α,β-unsaturated/α-hetero) is 1. The van der Waals surface area contributed by atoms with Gasteiger partial charge >= 0.3 is 12.1 Å². The number of hydrogen-bond donors (Lipinski definition) is 0. The molecule has 3 rings (SSSR count). The zero-order chi connectivity index (χ0) is 19.1. The molecule has 0 bridgehead atoms. The summed E-state index contributed by atoms with van der Waals surface area (Å²) in [6.07, 6.45) is -4.33. The predicted molar refractivity (Wildman–Crippen MR) is 81.1 cm³/mol. The average Bonchev–Trinajstić information content (AvgIpc) is 2.59. The number of ketones is 2. The van der Waals surface area contributed by atoms with Crippen molar-refractivity contribution in [3.63, 3.8) is 0 Å². The highest BCUT2D eigenvalue weighted by Crippen LogP contribution is 2.43. The predicted octanol–water partition coefficient (Wildman–Crippen LogP) is 4.28. The normalized spacial score (nSPS) is 14.9. The molecule has 26 heavy (non-hydrogen) atoms. The maximum absolute atomic E-state index is 13.3. The van der Waals surface area contributed by atoms with Gasteiger partial charge in [-0.25, -0.2) is 0 Å². The van der Waals surface area contributed by atoms with E-state index in [0.29, 0.717) is 12.3 Å². The number of fused-ring (bicyclic) bond motifs is 1. The van der Waals surface area contributed by atoms with Gasteiger partial charge in [0.15, 0.2) is 11.6 Å². The minimum atomic E-state index is -5.73. The average molecular weight is 367 g/mol. The molecule has 0 amide bonds. The van der Waals surface area contributed by atoms with Gasteiger partial charge in [0.05, 0.1) is 0 Å². The summed E-state index contributed by atoms with van der Waals surface area (Å²) in [4.78, 5) is 28.0. The molecule has 0 N–H and O–H groups in total. The topological polar surface area (TPSA) is 47.0 Å². The zero-order valence-corrected chi connectivity index (χ0v) is 13.0. The Labute approximate surface area is 144 Å². The van der Waals surface area contributed by atoms with Crippen LogP contribution in [0.1, 0.15) is 32.0 Å². The van der Waals surface area contributed by atoms with Gasteiger partial charge in [-0.3, -0.25) is 14.6 Å².